The summed E-state index contributed by atoms with van der Waals surface area (Å²) < 4.78 is 17.9. The van der Waals surface area contributed by atoms with Gasteiger partial charge in [-0.3, -0.25) is 4.79 Å². The van der Waals surface area contributed by atoms with Crippen molar-refractivity contribution in [3.63, 3.8) is 0 Å². The van der Waals surface area contributed by atoms with E-state index in [0.29, 0.717) is 5.69 Å². The molecule has 0 aromatic heterocycles. The predicted molar refractivity (Wildman–Crippen MR) is 82.1 cm³/mol. The molecule has 2 rings (SSSR count). The fourth-order valence-electron chi connectivity index (χ4n) is 1.65. The third-order valence-corrected chi connectivity index (χ3v) is 3.04. The maximum Gasteiger partial charge on any atom is 0.248 e. The fraction of sp³-hybridized carbons (Fsp3) is 0.0625. The van der Waals surface area contributed by atoms with Gasteiger partial charge in [-0.1, -0.05) is 23.7 Å². The number of nitrogens with one attached hydrogen (secondary N) is 1. The van der Waals surface area contributed by atoms with Gasteiger partial charge in [-0.2, -0.15) is 0 Å². The molecule has 1 N–H and O–H groups in total. The average Bonchev–Trinajstić information content (AvgIpc) is 2.48. The zero-order valence-corrected chi connectivity index (χ0v) is 12.0. The molecule has 0 saturated carbocycles. The average molecular weight is 306 g/mol. The summed E-state index contributed by atoms with van der Waals surface area (Å²) in [5, 5.41) is 2.74. The Morgan fingerprint density at radius 3 is 2.57 bits per heavy atom. The summed E-state index contributed by atoms with van der Waals surface area (Å²) >= 11 is 5.83. The van der Waals surface area contributed by atoms with Crippen LogP contribution in [-0.2, 0) is 4.79 Å². The Morgan fingerprint density at radius 1 is 1.24 bits per heavy atom. The van der Waals surface area contributed by atoms with Crippen molar-refractivity contribution in [3.8, 4) is 5.75 Å². The second-order valence-electron chi connectivity index (χ2n) is 4.22. The lowest BCUT2D eigenvalue weighted by atomic mass is 10.2. The van der Waals surface area contributed by atoms with Gasteiger partial charge in [0.15, 0.2) is 0 Å². The van der Waals surface area contributed by atoms with Crippen molar-refractivity contribution < 1.29 is 13.9 Å². The van der Waals surface area contributed by atoms with E-state index in [2.05, 4.69) is 5.32 Å². The first-order chi connectivity index (χ1) is 10.1. The standard InChI is InChI=1S/C16H13ClFNO2/c1-21-13-6-2-11(3-7-13)4-9-16(20)19-15-8-5-12(18)10-14(15)17/h2-10H,1H3,(H,19,20)/b9-4+. The van der Waals surface area contributed by atoms with E-state index in [4.69, 9.17) is 16.3 Å². The van der Waals surface area contributed by atoms with Crippen molar-refractivity contribution in [2.75, 3.05) is 12.4 Å². The van der Waals surface area contributed by atoms with Crippen LogP contribution in [0.15, 0.2) is 48.5 Å². The Labute approximate surface area is 127 Å². The lowest BCUT2D eigenvalue weighted by molar-refractivity contribution is -0.111. The Balaban J connectivity index is 2.01. The molecule has 0 atom stereocenters. The van der Waals surface area contributed by atoms with E-state index in [1.165, 1.54) is 18.2 Å². The van der Waals surface area contributed by atoms with Crippen molar-refractivity contribution in [3.05, 3.63) is 64.9 Å². The molecular weight excluding hydrogens is 293 g/mol. The number of amides is 1. The van der Waals surface area contributed by atoms with E-state index in [0.717, 1.165) is 17.4 Å². The molecule has 1 amide bonds. The van der Waals surface area contributed by atoms with Crippen LogP contribution in [0.5, 0.6) is 5.75 Å². The third kappa shape index (κ3) is 4.33. The first-order valence-electron chi connectivity index (χ1n) is 6.16. The largest absolute Gasteiger partial charge is 0.497 e. The molecule has 2 aromatic rings. The van der Waals surface area contributed by atoms with Crippen molar-refractivity contribution in [2.24, 2.45) is 0 Å². The molecular formula is C16H13ClFNO2. The summed E-state index contributed by atoms with van der Waals surface area (Å²) in [6, 6.07) is 11.0. The predicted octanol–water partition coefficient (Wildman–Crippen LogP) is 4.14. The first kappa shape index (κ1) is 15.1. The van der Waals surface area contributed by atoms with Crippen molar-refractivity contribution in [1.29, 1.82) is 0 Å². The van der Waals surface area contributed by atoms with Crippen molar-refractivity contribution >= 4 is 29.3 Å². The molecule has 0 heterocycles. The third-order valence-electron chi connectivity index (χ3n) is 2.73. The van der Waals surface area contributed by atoms with Gasteiger partial charge in [0.25, 0.3) is 0 Å². The van der Waals surface area contributed by atoms with Gasteiger partial charge in [-0.25, -0.2) is 4.39 Å². The molecule has 108 valence electrons. The lowest BCUT2D eigenvalue weighted by Crippen LogP contribution is -2.08. The van der Waals surface area contributed by atoms with Gasteiger partial charge in [0.2, 0.25) is 5.91 Å². The molecule has 2 aromatic carbocycles. The van der Waals surface area contributed by atoms with E-state index >= 15 is 0 Å². The van der Waals surface area contributed by atoms with Gasteiger partial charge < -0.3 is 10.1 Å². The minimum Gasteiger partial charge on any atom is -0.497 e. The number of benzene rings is 2. The molecule has 0 radical (unpaired) electrons. The summed E-state index contributed by atoms with van der Waals surface area (Å²) in [6.45, 7) is 0. The summed E-state index contributed by atoms with van der Waals surface area (Å²) in [5.74, 6) is -0.0548. The highest BCUT2D eigenvalue weighted by Crippen LogP contribution is 2.22. The van der Waals surface area contributed by atoms with E-state index in [1.807, 2.05) is 12.1 Å². The van der Waals surface area contributed by atoms with Crippen LogP contribution in [0, 0.1) is 5.82 Å². The van der Waals surface area contributed by atoms with Crippen molar-refractivity contribution in [2.45, 2.75) is 0 Å². The molecule has 0 fully saturated rings. The van der Waals surface area contributed by atoms with Crippen molar-refractivity contribution in [1.82, 2.24) is 0 Å². The van der Waals surface area contributed by atoms with E-state index in [-0.39, 0.29) is 10.9 Å². The number of anilines is 1. The molecule has 0 bridgehead atoms. The number of ether oxygens (including phenoxy) is 1. The molecule has 0 saturated heterocycles. The summed E-state index contributed by atoms with van der Waals surface area (Å²) in [6.07, 6.45) is 3.04. The fourth-order valence-corrected chi connectivity index (χ4v) is 1.87. The first-order valence-corrected chi connectivity index (χ1v) is 6.54. The summed E-state index contributed by atoms with van der Waals surface area (Å²) in [7, 11) is 1.59. The van der Waals surface area contributed by atoms with Crippen LogP contribution >= 0.6 is 11.6 Å². The number of rotatable bonds is 4. The van der Waals surface area contributed by atoms with Crippen LogP contribution in [0.4, 0.5) is 10.1 Å². The number of methoxy groups -OCH3 is 1. The molecule has 21 heavy (non-hydrogen) atoms. The van der Waals surface area contributed by atoms with Crippen LogP contribution in [0.1, 0.15) is 5.56 Å². The minimum atomic E-state index is -0.452. The smallest absolute Gasteiger partial charge is 0.248 e. The highest BCUT2D eigenvalue weighted by molar-refractivity contribution is 6.33. The molecule has 5 heteroatoms. The van der Waals surface area contributed by atoms with E-state index < -0.39 is 5.82 Å². The molecule has 0 aliphatic carbocycles. The highest BCUT2D eigenvalue weighted by atomic mass is 35.5. The topological polar surface area (TPSA) is 38.3 Å². The molecule has 0 aliphatic heterocycles. The highest BCUT2D eigenvalue weighted by Gasteiger charge is 2.04. The summed E-state index contributed by atoms with van der Waals surface area (Å²) in [4.78, 5) is 11.8. The zero-order chi connectivity index (χ0) is 15.2. The number of carbonyl (C=O) groups is 1. The van der Waals surface area contributed by atoms with Gasteiger partial charge in [-0.15, -0.1) is 0 Å². The number of halogens is 2. The van der Waals surface area contributed by atoms with Gasteiger partial charge in [0, 0.05) is 6.08 Å². The maximum atomic E-state index is 12.9. The van der Waals surface area contributed by atoms with Gasteiger partial charge in [0.05, 0.1) is 17.8 Å². The monoisotopic (exact) mass is 305 g/mol. The van der Waals surface area contributed by atoms with Crippen LogP contribution in [0.2, 0.25) is 5.02 Å². The Bertz CT molecular complexity index is 668. The van der Waals surface area contributed by atoms with Crippen LogP contribution < -0.4 is 10.1 Å². The molecule has 0 spiro atoms. The second kappa shape index (κ2) is 6.90. The van der Waals surface area contributed by atoms with Gasteiger partial charge in [-0.05, 0) is 42.0 Å². The van der Waals surface area contributed by atoms with Crippen LogP contribution in [0.3, 0.4) is 0 Å². The maximum absolute atomic E-state index is 12.9. The van der Waals surface area contributed by atoms with Crippen LogP contribution in [0.25, 0.3) is 6.08 Å². The Kier molecular flexibility index (Phi) is 4.95. The van der Waals surface area contributed by atoms with E-state index in [9.17, 15) is 9.18 Å². The lowest BCUT2D eigenvalue weighted by Gasteiger charge is -2.04. The summed E-state index contributed by atoms with van der Waals surface area (Å²) in [5.41, 5.74) is 1.22. The van der Waals surface area contributed by atoms with E-state index in [1.54, 1.807) is 25.3 Å². The number of hydrogen-bond acceptors (Lipinski definition) is 2. The molecule has 0 aliphatic rings. The Morgan fingerprint density at radius 2 is 1.95 bits per heavy atom. The number of hydrogen-bond donors (Lipinski definition) is 1. The molecule has 0 unspecified atom stereocenters. The Hall–Kier alpha value is -2.33. The minimum absolute atomic E-state index is 0.154. The second-order valence-corrected chi connectivity index (χ2v) is 4.63. The normalized spacial score (nSPS) is 10.6. The SMILES string of the molecule is COc1ccc(/C=C/C(=O)Nc2ccc(F)cc2Cl)cc1. The van der Waals surface area contributed by atoms with Gasteiger partial charge in [0.1, 0.15) is 11.6 Å². The zero-order valence-electron chi connectivity index (χ0n) is 11.3. The van der Waals surface area contributed by atoms with Crippen LogP contribution in [-0.4, -0.2) is 13.0 Å². The van der Waals surface area contributed by atoms with Gasteiger partial charge >= 0.3 is 0 Å². The number of carbonyl (C=O) groups excluding carboxylic acids is 1. The quantitative estimate of drug-likeness (QED) is 0.862. The molecule has 3 nitrogen and oxygen atoms in total.